The first kappa shape index (κ1) is 23.6. The molecule has 0 spiro atoms. The smallest absolute Gasteiger partial charge is 0.290 e. The van der Waals surface area contributed by atoms with Crippen LogP contribution in [0.2, 0.25) is 0 Å². The number of benzene rings is 1. The number of aliphatic hydroxyl groups excluding tert-OH is 1. The number of likely N-dealkylation sites (tertiary alicyclic amines) is 1. The monoisotopic (exact) mass is 457 g/mol. The number of methoxy groups -OCH3 is 1. The summed E-state index contributed by atoms with van der Waals surface area (Å²) in [5.41, 5.74) is 4.69. The van der Waals surface area contributed by atoms with Gasteiger partial charge in [-0.2, -0.15) is 0 Å². The van der Waals surface area contributed by atoms with Gasteiger partial charge in [0.2, 0.25) is 0 Å². The van der Waals surface area contributed by atoms with Crippen LogP contribution in [0.25, 0.3) is 10.9 Å². The number of pyridine rings is 1. The zero-order valence-corrected chi connectivity index (χ0v) is 19.4. The number of rotatable bonds is 8. The van der Waals surface area contributed by atoms with Crippen LogP contribution >= 0.6 is 0 Å². The first-order chi connectivity index (χ1) is 16.1. The summed E-state index contributed by atoms with van der Waals surface area (Å²) < 4.78 is 11.8. The van der Waals surface area contributed by atoms with E-state index in [-0.39, 0.29) is 12.6 Å². The molecule has 1 aliphatic heterocycles. The van der Waals surface area contributed by atoms with E-state index in [4.69, 9.17) is 24.4 Å². The lowest BCUT2D eigenvalue weighted by Crippen LogP contribution is -2.39. The Labute approximate surface area is 194 Å². The molecule has 0 unspecified atom stereocenters. The number of carboxylic acid groups (broad SMARTS) is 1. The summed E-state index contributed by atoms with van der Waals surface area (Å²) in [5, 5.41) is 21.4. The van der Waals surface area contributed by atoms with Gasteiger partial charge >= 0.3 is 0 Å². The third-order valence-electron chi connectivity index (χ3n) is 6.83. The standard InChI is InChI=1S/C24H33N3O3.CH2O2/c1-29-22-14-19-21(15-23(22)30-11-5-10-27-8-2-3-9-27)26-20-7-4-6-18(20)24(19)25-16-12-17(28)13-16;2-1-3/h14-17,28H,2-13H2,1H3,(H,25,26);1H,(H,2,3). The summed E-state index contributed by atoms with van der Waals surface area (Å²) in [7, 11) is 1.70. The van der Waals surface area contributed by atoms with Gasteiger partial charge in [-0.3, -0.25) is 9.78 Å². The fourth-order valence-electron chi connectivity index (χ4n) is 5.09. The summed E-state index contributed by atoms with van der Waals surface area (Å²) in [5.74, 6) is 1.54. The van der Waals surface area contributed by atoms with Crippen LogP contribution in [0.1, 0.15) is 49.8 Å². The predicted molar refractivity (Wildman–Crippen MR) is 127 cm³/mol. The molecule has 180 valence electrons. The number of fused-ring (bicyclic) bond motifs is 2. The second-order valence-corrected chi connectivity index (χ2v) is 9.11. The number of carbonyl (C=O) groups is 1. The van der Waals surface area contributed by atoms with Crippen LogP contribution in [0.3, 0.4) is 0 Å². The molecule has 0 atom stereocenters. The van der Waals surface area contributed by atoms with E-state index in [2.05, 4.69) is 16.3 Å². The van der Waals surface area contributed by atoms with Crippen molar-refractivity contribution in [3.63, 3.8) is 0 Å². The number of nitrogens with zero attached hydrogens (tertiary/aromatic N) is 2. The van der Waals surface area contributed by atoms with Gasteiger partial charge in [-0.1, -0.05) is 0 Å². The Morgan fingerprint density at radius 3 is 2.64 bits per heavy atom. The van der Waals surface area contributed by atoms with Gasteiger partial charge in [0.05, 0.1) is 25.3 Å². The van der Waals surface area contributed by atoms with Crippen LogP contribution in [0.5, 0.6) is 11.5 Å². The maximum atomic E-state index is 9.70. The second kappa shape index (κ2) is 11.0. The van der Waals surface area contributed by atoms with E-state index < -0.39 is 0 Å². The van der Waals surface area contributed by atoms with Gasteiger partial charge in [-0.25, -0.2) is 0 Å². The minimum absolute atomic E-state index is 0.168. The average molecular weight is 458 g/mol. The molecule has 1 saturated heterocycles. The lowest BCUT2D eigenvalue weighted by atomic mass is 9.89. The van der Waals surface area contributed by atoms with E-state index >= 15 is 0 Å². The Balaban J connectivity index is 0.000000821. The maximum absolute atomic E-state index is 9.70. The summed E-state index contributed by atoms with van der Waals surface area (Å²) in [6.07, 6.45) is 8.38. The molecule has 1 saturated carbocycles. The second-order valence-electron chi connectivity index (χ2n) is 9.11. The Morgan fingerprint density at radius 2 is 1.94 bits per heavy atom. The molecular formula is C25H35N3O5. The Bertz CT molecular complexity index is 955. The molecule has 2 fully saturated rings. The number of nitrogens with one attached hydrogen (secondary N) is 1. The molecule has 3 aliphatic rings. The minimum Gasteiger partial charge on any atom is -0.493 e. The van der Waals surface area contributed by atoms with Gasteiger partial charge in [0.25, 0.3) is 6.47 Å². The highest BCUT2D eigenvalue weighted by atomic mass is 16.5. The van der Waals surface area contributed by atoms with Gasteiger partial charge in [0.15, 0.2) is 11.5 Å². The third kappa shape index (κ3) is 5.50. The van der Waals surface area contributed by atoms with Gasteiger partial charge < -0.3 is 29.9 Å². The van der Waals surface area contributed by atoms with E-state index in [9.17, 15) is 5.11 Å². The Hall–Kier alpha value is -2.58. The quantitative estimate of drug-likeness (QED) is 0.410. The van der Waals surface area contributed by atoms with E-state index in [1.165, 1.54) is 42.9 Å². The molecule has 2 aromatic rings. The van der Waals surface area contributed by atoms with Crippen molar-refractivity contribution in [2.24, 2.45) is 0 Å². The maximum Gasteiger partial charge on any atom is 0.290 e. The highest BCUT2D eigenvalue weighted by Crippen LogP contribution is 2.41. The van der Waals surface area contributed by atoms with Crippen LogP contribution in [0.15, 0.2) is 12.1 Å². The van der Waals surface area contributed by atoms with Gasteiger partial charge in [0.1, 0.15) is 0 Å². The van der Waals surface area contributed by atoms with Crippen molar-refractivity contribution in [2.45, 2.75) is 63.5 Å². The molecule has 1 aromatic heterocycles. The number of anilines is 1. The Kier molecular flexibility index (Phi) is 7.88. The summed E-state index contributed by atoms with van der Waals surface area (Å²) in [6.45, 7) is 3.99. The highest BCUT2D eigenvalue weighted by Gasteiger charge is 2.30. The van der Waals surface area contributed by atoms with Crippen molar-refractivity contribution in [2.75, 3.05) is 38.7 Å². The van der Waals surface area contributed by atoms with Crippen LogP contribution in [-0.4, -0.2) is 72.1 Å². The molecule has 0 radical (unpaired) electrons. The zero-order chi connectivity index (χ0) is 23.2. The van der Waals surface area contributed by atoms with E-state index in [1.807, 2.05) is 6.07 Å². The molecule has 0 bridgehead atoms. The van der Waals surface area contributed by atoms with Crippen molar-refractivity contribution in [1.82, 2.24) is 9.88 Å². The molecule has 8 heteroatoms. The SMILES string of the molecule is COc1cc2c(NC3CC(O)C3)c3c(nc2cc1OCCCN1CCCC1)CCC3.O=CO. The van der Waals surface area contributed by atoms with Crippen LogP contribution in [0, 0.1) is 0 Å². The number of hydrogen-bond donors (Lipinski definition) is 3. The van der Waals surface area contributed by atoms with E-state index in [0.29, 0.717) is 12.6 Å². The first-order valence-electron chi connectivity index (χ1n) is 12.0. The lowest BCUT2D eigenvalue weighted by Gasteiger charge is -2.34. The Morgan fingerprint density at radius 1 is 1.18 bits per heavy atom. The summed E-state index contributed by atoms with van der Waals surface area (Å²) in [6, 6.07) is 4.46. The molecule has 0 amide bonds. The number of hydrogen-bond acceptors (Lipinski definition) is 7. The molecule has 33 heavy (non-hydrogen) atoms. The fraction of sp³-hybridized carbons (Fsp3) is 0.600. The van der Waals surface area contributed by atoms with Crippen molar-refractivity contribution < 1.29 is 24.5 Å². The van der Waals surface area contributed by atoms with E-state index in [1.54, 1.807) is 7.11 Å². The molecule has 3 N–H and O–H groups in total. The lowest BCUT2D eigenvalue weighted by molar-refractivity contribution is -0.122. The molecular weight excluding hydrogens is 422 g/mol. The number of aromatic nitrogens is 1. The van der Waals surface area contributed by atoms with Crippen LogP contribution in [-0.2, 0) is 17.6 Å². The average Bonchev–Trinajstić information content (AvgIpc) is 3.47. The highest BCUT2D eigenvalue weighted by molar-refractivity contribution is 5.96. The fourth-order valence-corrected chi connectivity index (χ4v) is 5.09. The number of aryl methyl sites for hydroxylation is 1. The molecule has 2 heterocycles. The van der Waals surface area contributed by atoms with Gasteiger partial charge in [-0.05, 0) is 76.1 Å². The van der Waals surface area contributed by atoms with Gasteiger partial charge in [-0.15, -0.1) is 0 Å². The predicted octanol–water partition coefficient (Wildman–Crippen LogP) is 3.23. The summed E-state index contributed by atoms with van der Waals surface area (Å²) in [4.78, 5) is 15.9. The minimum atomic E-state index is -0.250. The largest absolute Gasteiger partial charge is 0.493 e. The van der Waals surface area contributed by atoms with Crippen molar-refractivity contribution in [3.05, 3.63) is 23.4 Å². The third-order valence-corrected chi connectivity index (χ3v) is 6.83. The normalized spacial score (nSPS) is 21.6. The van der Waals surface area contributed by atoms with Crippen LogP contribution in [0.4, 0.5) is 5.69 Å². The van der Waals surface area contributed by atoms with Crippen molar-refractivity contribution in [1.29, 1.82) is 0 Å². The zero-order valence-electron chi connectivity index (χ0n) is 19.4. The first-order valence-corrected chi connectivity index (χ1v) is 12.0. The molecule has 2 aliphatic carbocycles. The summed E-state index contributed by atoms with van der Waals surface area (Å²) >= 11 is 0. The van der Waals surface area contributed by atoms with Crippen molar-refractivity contribution >= 4 is 23.1 Å². The van der Waals surface area contributed by atoms with E-state index in [0.717, 1.165) is 67.5 Å². The topological polar surface area (TPSA) is 104 Å². The van der Waals surface area contributed by atoms with Crippen LogP contribution < -0.4 is 14.8 Å². The van der Waals surface area contributed by atoms with Gasteiger partial charge in [0, 0.05) is 35.4 Å². The number of aliphatic hydroxyl groups is 1. The molecule has 1 aromatic carbocycles. The number of ether oxygens (including phenoxy) is 2. The molecule has 5 rings (SSSR count). The van der Waals surface area contributed by atoms with Crippen molar-refractivity contribution in [3.8, 4) is 11.5 Å². The molecule has 8 nitrogen and oxygen atoms in total.